The fourth-order valence-corrected chi connectivity index (χ4v) is 5.97. The van der Waals surface area contributed by atoms with Crippen molar-refractivity contribution >= 4 is 43.3 Å². The van der Waals surface area contributed by atoms with Crippen LogP contribution in [0.1, 0.15) is 37.3 Å². The lowest BCUT2D eigenvalue weighted by atomic mass is 10.00. The zero-order valence-corrected chi connectivity index (χ0v) is 21.1. The number of hydrogen-bond donors (Lipinski definition) is 1. The van der Waals surface area contributed by atoms with E-state index in [4.69, 9.17) is 4.74 Å². The lowest BCUT2D eigenvalue weighted by Gasteiger charge is -2.21. The molecule has 0 spiro atoms. The molecule has 1 N–H and O–H groups in total. The van der Waals surface area contributed by atoms with Gasteiger partial charge in [0.1, 0.15) is 17.1 Å². The molecule has 0 aliphatic heterocycles. The minimum atomic E-state index is -5.19. The molecule has 3 aromatic carbocycles. The number of hydrogen-bond acceptors (Lipinski definition) is 6. The molecule has 1 saturated carbocycles. The van der Waals surface area contributed by atoms with Gasteiger partial charge in [-0.2, -0.15) is 13.7 Å². The van der Waals surface area contributed by atoms with E-state index >= 15 is 0 Å². The topological polar surface area (TPSA) is 114 Å². The van der Waals surface area contributed by atoms with Crippen LogP contribution in [-0.2, 0) is 10.5 Å². The number of H-pyrrole nitrogens is 1. The number of aromatic amines is 1. The molecule has 192 valence electrons. The number of nitrogens with one attached hydrogen (secondary N) is 1. The third-order valence-electron chi connectivity index (χ3n) is 7.23. The van der Waals surface area contributed by atoms with Gasteiger partial charge in [0, 0.05) is 22.5 Å². The highest BCUT2D eigenvalue weighted by Gasteiger charge is 2.25. The van der Waals surface area contributed by atoms with E-state index in [-0.39, 0.29) is 17.2 Å². The van der Waals surface area contributed by atoms with Crippen molar-refractivity contribution in [3.05, 3.63) is 70.4 Å². The van der Waals surface area contributed by atoms with Crippen LogP contribution in [0.4, 0.5) is 3.89 Å². The van der Waals surface area contributed by atoms with Crippen molar-refractivity contribution in [1.82, 2.24) is 9.55 Å². The van der Waals surface area contributed by atoms with Gasteiger partial charge in [0.15, 0.2) is 5.43 Å². The van der Waals surface area contributed by atoms with Gasteiger partial charge in [-0.05, 0) is 54.8 Å². The number of methoxy groups -OCH3 is 1. The Labute approximate surface area is 217 Å². The molecule has 38 heavy (non-hydrogen) atoms. The number of nitrogens with zero attached hydrogens (tertiary/aromatic N) is 2. The molecule has 6 rings (SSSR count). The van der Waals surface area contributed by atoms with Crippen molar-refractivity contribution < 1.29 is 21.2 Å². The SMILES string of the molecule is COc1cc2c(=O)c3c4ccc(C#N)cc4[nH]c3n(C3CCCC3)c2cc1-c1cccc(OS(=O)(=O)F)c1. The quantitative estimate of drug-likeness (QED) is 0.283. The Morgan fingerprint density at radius 1 is 1.08 bits per heavy atom. The molecule has 2 heterocycles. The number of rotatable bonds is 5. The van der Waals surface area contributed by atoms with E-state index in [9.17, 15) is 22.4 Å². The lowest BCUT2D eigenvalue weighted by molar-refractivity contribution is 0.417. The predicted octanol–water partition coefficient (Wildman–Crippen LogP) is 5.89. The zero-order chi connectivity index (χ0) is 26.6. The average Bonchev–Trinajstić information content (AvgIpc) is 3.55. The Balaban J connectivity index is 1.69. The van der Waals surface area contributed by atoms with Crippen molar-refractivity contribution in [1.29, 1.82) is 5.26 Å². The first-order chi connectivity index (χ1) is 18.3. The third-order valence-corrected chi connectivity index (χ3v) is 7.62. The highest BCUT2D eigenvalue weighted by molar-refractivity contribution is 7.81. The summed E-state index contributed by atoms with van der Waals surface area (Å²) in [5.41, 5.74) is 3.56. The number of benzene rings is 3. The second kappa shape index (κ2) is 8.89. The van der Waals surface area contributed by atoms with Crippen LogP contribution in [0.25, 0.3) is 44.0 Å². The highest BCUT2D eigenvalue weighted by atomic mass is 32.3. The van der Waals surface area contributed by atoms with Gasteiger partial charge in [0.25, 0.3) is 0 Å². The number of nitriles is 1. The number of aromatic nitrogens is 2. The van der Waals surface area contributed by atoms with Crippen molar-refractivity contribution in [2.75, 3.05) is 7.11 Å². The molecule has 1 fully saturated rings. The van der Waals surface area contributed by atoms with Gasteiger partial charge in [-0.3, -0.25) is 4.79 Å². The molecule has 1 aliphatic rings. The van der Waals surface area contributed by atoms with Gasteiger partial charge in [0.05, 0.1) is 35.0 Å². The lowest BCUT2D eigenvalue weighted by Crippen LogP contribution is -2.14. The van der Waals surface area contributed by atoms with Gasteiger partial charge in [-0.1, -0.05) is 34.9 Å². The summed E-state index contributed by atoms with van der Waals surface area (Å²) in [6.45, 7) is 0. The molecule has 10 heteroatoms. The van der Waals surface area contributed by atoms with Crippen LogP contribution in [0.2, 0.25) is 0 Å². The first-order valence-corrected chi connectivity index (χ1v) is 13.4. The third kappa shape index (κ3) is 3.96. The molecular formula is C28H22FN3O5S. The van der Waals surface area contributed by atoms with Gasteiger partial charge in [-0.25, -0.2) is 0 Å². The Hall–Kier alpha value is -4.36. The summed E-state index contributed by atoms with van der Waals surface area (Å²) in [5, 5.41) is 11.2. The second-order valence-electron chi connectivity index (χ2n) is 9.43. The minimum absolute atomic E-state index is 0.150. The molecule has 5 aromatic rings. The van der Waals surface area contributed by atoms with Crippen LogP contribution in [0.5, 0.6) is 11.5 Å². The van der Waals surface area contributed by atoms with Crippen LogP contribution in [-0.4, -0.2) is 25.1 Å². The molecule has 0 saturated heterocycles. The van der Waals surface area contributed by atoms with E-state index in [0.29, 0.717) is 49.9 Å². The van der Waals surface area contributed by atoms with Gasteiger partial charge in [0.2, 0.25) is 0 Å². The molecule has 0 amide bonds. The van der Waals surface area contributed by atoms with Crippen LogP contribution < -0.4 is 14.3 Å². The summed E-state index contributed by atoms with van der Waals surface area (Å²) in [7, 11) is -3.71. The normalized spacial score (nSPS) is 14.3. The van der Waals surface area contributed by atoms with Gasteiger partial charge >= 0.3 is 10.5 Å². The van der Waals surface area contributed by atoms with Crippen LogP contribution >= 0.6 is 0 Å². The number of fused-ring (bicyclic) bond motifs is 4. The summed E-state index contributed by atoms with van der Waals surface area (Å²) in [6.07, 6.45) is 4.03. The molecule has 8 nitrogen and oxygen atoms in total. The van der Waals surface area contributed by atoms with Crippen LogP contribution in [0, 0.1) is 11.3 Å². The molecule has 1 aliphatic carbocycles. The van der Waals surface area contributed by atoms with E-state index in [0.717, 1.165) is 31.1 Å². The predicted molar refractivity (Wildman–Crippen MR) is 142 cm³/mol. The molecule has 0 unspecified atom stereocenters. The Morgan fingerprint density at radius 2 is 1.87 bits per heavy atom. The number of ether oxygens (including phenoxy) is 1. The molecule has 2 aromatic heterocycles. The summed E-state index contributed by atoms with van der Waals surface area (Å²) in [5.74, 6) is 0.221. The van der Waals surface area contributed by atoms with E-state index in [1.165, 1.54) is 19.2 Å². The van der Waals surface area contributed by atoms with E-state index in [1.807, 2.05) is 6.07 Å². The molecule has 0 radical (unpaired) electrons. The zero-order valence-electron chi connectivity index (χ0n) is 20.3. The van der Waals surface area contributed by atoms with E-state index < -0.39 is 10.5 Å². The number of halogens is 1. The summed E-state index contributed by atoms with van der Waals surface area (Å²) < 4.78 is 47.5. The van der Waals surface area contributed by atoms with E-state index in [1.54, 1.807) is 36.4 Å². The smallest absolute Gasteiger partial charge is 0.488 e. The van der Waals surface area contributed by atoms with Crippen molar-refractivity contribution in [2.24, 2.45) is 0 Å². The largest absolute Gasteiger partial charge is 0.496 e. The van der Waals surface area contributed by atoms with Crippen molar-refractivity contribution in [3.8, 4) is 28.7 Å². The average molecular weight is 532 g/mol. The monoisotopic (exact) mass is 531 g/mol. The maximum Gasteiger partial charge on any atom is 0.488 e. The minimum Gasteiger partial charge on any atom is -0.496 e. The molecular weight excluding hydrogens is 509 g/mol. The summed E-state index contributed by atoms with van der Waals surface area (Å²) >= 11 is 0. The summed E-state index contributed by atoms with van der Waals surface area (Å²) in [6, 6.07) is 17.1. The standard InChI is InChI=1S/C28H22FN3O5S/c1-36-25-14-22-24(13-21(25)17-5-4-8-19(12-17)37-38(29,34)35)32(18-6-2-3-7-18)28-26(27(22)33)20-10-9-16(15-30)11-23(20)31-28/h4-5,8-14,18,31H,2-3,6-7H2,1H3. The van der Waals surface area contributed by atoms with E-state index in [2.05, 4.69) is 19.8 Å². The molecule has 0 atom stereocenters. The van der Waals surface area contributed by atoms with Gasteiger partial charge < -0.3 is 18.5 Å². The highest BCUT2D eigenvalue weighted by Crippen LogP contribution is 2.40. The number of pyridine rings is 1. The fourth-order valence-electron chi connectivity index (χ4n) is 5.63. The second-order valence-corrected chi connectivity index (χ2v) is 10.4. The fraction of sp³-hybridized carbons (Fsp3) is 0.214. The van der Waals surface area contributed by atoms with Crippen molar-refractivity contribution in [3.63, 3.8) is 0 Å². The maximum absolute atomic E-state index is 13.9. The maximum atomic E-state index is 13.9. The molecule has 0 bridgehead atoms. The summed E-state index contributed by atoms with van der Waals surface area (Å²) in [4.78, 5) is 17.3. The van der Waals surface area contributed by atoms with Crippen LogP contribution in [0.3, 0.4) is 0 Å². The van der Waals surface area contributed by atoms with Gasteiger partial charge in [-0.15, -0.1) is 0 Å². The Kier molecular flexibility index (Phi) is 5.61. The first kappa shape index (κ1) is 24.0. The van der Waals surface area contributed by atoms with Crippen molar-refractivity contribution in [2.45, 2.75) is 31.7 Å². The Morgan fingerprint density at radius 3 is 2.58 bits per heavy atom. The van der Waals surface area contributed by atoms with Crippen LogP contribution in [0.15, 0.2) is 59.4 Å². The Bertz CT molecular complexity index is 1960. The first-order valence-electron chi connectivity index (χ1n) is 12.1.